The van der Waals surface area contributed by atoms with Gasteiger partial charge in [-0.1, -0.05) is 26.7 Å². The van der Waals surface area contributed by atoms with E-state index >= 15 is 0 Å². The average molecular weight is 270 g/mol. The highest BCUT2D eigenvalue weighted by atomic mass is 16.3. The SMILES string of the molecule is C[C@H]1[C@@H](C)CCC[C@H]1NC1CC(O)C(N)C(CO)C1. The summed E-state index contributed by atoms with van der Waals surface area (Å²) in [6, 6.07) is 0.574. The van der Waals surface area contributed by atoms with Gasteiger partial charge in [0.25, 0.3) is 0 Å². The summed E-state index contributed by atoms with van der Waals surface area (Å²) in [5.41, 5.74) is 5.94. The molecule has 0 aliphatic heterocycles. The van der Waals surface area contributed by atoms with Gasteiger partial charge in [0.05, 0.1) is 6.10 Å². The van der Waals surface area contributed by atoms with E-state index in [0.29, 0.717) is 18.0 Å². The number of hydrogen-bond acceptors (Lipinski definition) is 4. The Morgan fingerprint density at radius 1 is 1.21 bits per heavy atom. The second-order valence-corrected chi connectivity index (χ2v) is 6.80. The number of nitrogens with two attached hydrogens (primary N) is 1. The van der Waals surface area contributed by atoms with Crippen molar-refractivity contribution in [3.63, 3.8) is 0 Å². The number of rotatable bonds is 3. The zero-order valence-electron chi connectivity index (χ0n) is 12.3. The third-order valence-corrected chi connectivity index (χ3v) is 5.49. The van der Waals surface area contributed by atoms with Gasteiger partial charge in [0, 0.05) is 30.7 Å². The van der Waals surface area contributed by atoms with E-state index in [0.717, 1.165) is 18.8 Å². The molecule has 0 heterocycles. The Kier molecular flexibility index (Phi) is 5.23. The smallest absolute Gasteiger partial charge is 0.0709 e. The van der Waals surface area contributed by atoms with Crippen LogP contribution in [0.5, 0.6) is 0 Å². The van der Waals surface area contributed by atoms with Gasteiger partial charge in [0.2, 0.25) is 0 Å². The fraction of sp³-hybridized carbons (Fsp3) is 1.00. The lowest BCUT2D eigenvalue weighted by molar-refractivity contribution is 0.0295. The molecule has 5 N–H and O–H groups in total. The molecule has 2 saturated carbocycles. The first-order chi connectivity index (χ1) is 9.02. The van der Waals surface area contributed by atoms with Crippen molar-refractivity contribution in [2.75, 3.05) is 6.61 Å². The second-order valence-electron chi connectivity index (χ2n) is 6.80. The van der Waals surface area contributed by atoms with Crippen LogP contribution < -0.4 is 11.1 Å². The lowest BCUT2D eigenvalue weighted by atomic mass is 9.76. The summed E-state index contributed by atoms with van der Waals surface area (Å²) < 4.78 is 0. The molecule has 2 fully saturated rings. The fourth-order valence-electron chi connectivity index (χ4n) is 3.83. The molecule has 0 aromatic heterocycles. The van der Waals surface area contributed by atoms with E-state index in [4.69, 9.17) is 5.73 Å². The van der Waals surface area contributed by atoms with E-state index in [9.17, 15) is 10.2 Å². The first kappa shape index (κ1) is 15.2. The van der Waals surface area contributed by atoms with E-state index in [1.54, 1.807) is 0 Å². The summed E-state index contributed by atoms with van der Waals surface area (Å²) in [5.74, 6) is 1.49. The predicted molar refractivity (Wildman–Crippen MR) is 76.7 cm³/mol. The summed E-state index contributed by atoms with van der Waals surface area (Å²) in [5, 5.41) is 23.1. The van der Waals surface area contributed by atoms with E-state index in [2.05, 4.69) is 19.2 Å². The normalized spacial score (nSPS) is 48.2. The van der Waals surface area contributed by atoms with Crippen molar-refractivity contribution in [1.82, 2.24) is 5.32 Å². The van der Waals surface area contributed by atoms with Gasteiger partial charge in [0.15, 0.2) is 0 Å². The van der Waals surface area contributed by atoms with Gasteiger partial charge < -0.3 is 21.3 Å². The highest BCUT2D eigenvalue weighted by molar-refractivity contribution is 4.94. The molecule has 0 aromatic rings. The Balaban J connectivity index is 1.91. The number of aliphatic hydroxyl groups is 2. The van der Waals surface area contributed by atoms with Crippen LogP contribution in [-0.4, -0.2) is 41.0 Å². The van der Waals surface area contributed by atoms with Crippen LogP contribution in [0.1, 0.15) is 46.0 Å². The van der Waals surface area contributed by atoms with Crippen LogP contribution in [0, 0.1) is 17.8 Å². The van der Waals surface area contributed by atoms with Crippen LogP contribution in [0.4, 0.5) is 0 Å². The van der Waals surface area contributed by atoms with E-state index in [-0.39, 0.29) is 18.6 Å². The maximum atomic E-state index is 10.0. The number of hydrogen-bond donors (Lipinski definition) is 4. The minimum Gasteiger partial charge on any atom is -0.396 e. The van der Waals surface area contributed by atoms with Gasteiger partial charge >= 0.3 is 0 Å². The largest absolute Gasteiger partial charge is 0.396 e. The van der Waals surface area contributed by atoms with Crippen LogP contribution in [-0.2, 0) is 0 Å². The summed E-state index contributed by atoms with van der Waals surface area (Å²) >= 11 is 0. The maximum Gasteiger partial charge on any atom is 0.0709 e. The zero-order chi connectivity index (χ0) is 14.0. The highest BCUT2D eigenvalue weighted by Crippen LogP contribution is 2.31. The molecule has 112 valence electrons. The summed E-state index contributed by atoms with van der Waals surface area (Å²) in [7, 11) is 0. The van der Waals surface area contributed by atoms with Crippen LogP contribution in [0.15, 0.2) is 0 Å². The van der Waals surface area contributed by atoms with Crippen LogP contribution in [0.3, 0.4) is 0 Å². The Morgan fingerprint density at radius 3 is 2.63 bits per heavy atom. The molecule has 0 spiro atoms. The molecule has 0 amide bonds. The number of aliphatic hydroxyl groups excluding tert-OH is 2. The lowest BCUT2D eigenvalue weighted by Gasteiger charge is -2.42. The zero-order valence-corrected chi connectivity index (χ0v) is 12.3. The quantitative estimate of drug-likeness (QED) is 0.613. The Hall–Kier alpha value is -0.160. The standard InChI is InChI=1S/C15H30N2O2/c1-9-4-3-5-13(10(9)2)17-12-6-11(8-18)15(16)14(19)7-12/h9-15,17-19H,3-8,16H2,1-2H3/t9-,10-,11?,12?,13+,14?,15?/m0/s1. The van der Waals surface area contributed by atoms with Gasteiger partial charge in [-0.3, -0.25) is 0 Å². The number of nitrogens with one attached hydrogen (secondary N) is 1. The van der Waals surface area contributed by atoms with E-state index < -0.39 is 6.10 Å². The summed E-state index contributed by atoms with van der Waals surface area (Å²) in [4.78, 5) is 0. The molecule has 19 heavy (non-hydrogen) atoms. The van der Waals surface area contributed by atoms with Crippen LogP contribution in [0.25, 0.3) is 0 Å². The molecular weight excluding hydrogens is 240 g/mol. The van der Waals surface area contributed by atoms with E-state index in [1.165, 1.54) is 19.3 Å². The van der Waals surface area contributed by atoms with Crippen molar-refractivity contribution >= 4 is 0 Å². The van der Waals surface area contributed by atoms with Gasteiger partial charge in [-0.15, -0.1) is 0 Å². The average Bonchev–Trinajstić information content (AvgIpc) is 2.39. The van der Waals surface area contributed by atoms with Gasteiger partial charge in [-0.25, -0.2) is 0 Å². The molecule has 2 aliphatic rings. The molecule has 0 saturated heterocycles. The third-order valence-electron chi connectivity index (χ3n) is 5.49. The topological polar surface area (TPSA) is 78.5 Å². The molecule has 0 radical (unpaired) electrons. The van der Waals surface area contributed by atoms with Crippen molar-refractivity contribution in [1.29, 1.82) is 0 Å². The van der Waals surface area contributed by atoms with Crippen molar-refractivity contribution in [2.24, 2.45) is 23.5 Å². The first-order valence-corrected chi connectivity index (χ1v) is 7.83. The monoisotopic (exact) mass is 270 g/mol. The molecule has 2 rings (SSSR count). The summed E-state index contributed by atoms with van der Waals surface area (Å²) in [6.45, 7) is 4.74. The molecule has 7 atom stereocenters. The Bertz CT molecular complexity index is 287. The van der Waals surface area contributed by atoms with Crippen LogP contribution in [0.2, 0.25) is 0 Å². The van der Waals surface area contributed by atoms with Gasteiger partial charge in [-0.05, 0) is 31.1 Å². The van der Waals surface area contributed by atoms with Gasteiger partial charge in [-0.2, -0.15) is 0 Å². The van der Waals surface area contributed by atoms with E-state index in [1.807, 2.05) is 0 Å². The highest BCUT2D eigenvalue weighted by Gasteiger charge is 2.36. The second kappa shape index (κ2) is 6.53. The predicted octanol–water partition coefficient (Wildman–Crippen LogP) is 0.860. The van der Waals surface area contributed by atoms with Crippen LogP contribution >= 0.6 is 0 Å². The molecular formula is C15H30N2O2. The third kappa shape index (κ3) is 3.48. The molecule has 4 heteroatoms. The molecule has 0 aromatic carbocycles. The minimum atomic E-state index is -0.486. The Labute approximate surface area is 116 Å². The molecule has 4 unspecified atom stereocenters. The Morgan fingerprint density at radius 2 is 1.95 bits per heavy atom. The summed E-state index contributed by atoms with van der Waals surface area (Å²) in [6.07, 6.45) is 4.97. The molecule has 4 nitrogen and oxygen atoms in total. The van der Waals surface area contributed by atoms with Crippen molar-refractivity contribution in [3.8, 4) is 0 Å². The molecule has 0 bridgehead atoms. The maximum absolute atomic E-state index is 10.0. The fourth-order valence-corrected chi connectivity index (χ4v) is 3.83. The first-order valence-electron chi connectivity index (χ1n) is 7.83. The van der Waals surface area contributed by atoms with Crippen molar-refractivity contribution in [3.05, 3.63) is 0 Å². The van der Waals surface area contributed by atoms with Crippen molar-refractivity contribution < 1.29 is 10.2 Å². The minimum absolute atomic E-state index is 0.0255. The van der Waals surface area contributed by atoms with Crippen molar-refractivity contribution in [2.45, 2.75) is 70.2 Å². The van der Waals surface area contributed by atoms with Gasteiger partial charge in [0.1, 0.15) is 0 Å². The lowest BCUT2D eigenvalue weighted by Crippen LogP contribution is -2.56. The molecule has 2 aliphatic carbocycles.